The molecule has 2 amide bonds. The number of carbonyl (C=O) groups excluding carboxylic acids is 2. The van der Waals surface area contributed by atoms with Crippen LogP contribution in [0.1, 0.15) is 16.1 Å². The summed E-state index contributed by atoms with van der Waals surface area (Å²) in [4.78, 5) is 56.0. The van der Waals surface area contributed by atoms with Gasteiger partial charge in [-0.05, 0) is 24.3 Å². The molecule has 2 aromatic rings. The quantitative estimate of drug-likeness (QED) is 0.592. The van der Waals surface area contributed by atoms with E-state index in [0.717, 1.165) is 5.69 Å². The van der Waals surface area contributed by atoms with Gasteiger partial charge in [0.15, 0.2) is 0 Å². The first-order chi connectivity index (χ1) is 14.4. The molecule has 1 saturated heterocycles. The molecule has 1 unspecified atom stereocenters. The molecule has 3 N–H and O–H groups in total. The lowest BCUT2D eigenvalue weighted by molar-refractivity contribution is -0.130. The summed E-state index contributed by atoms with van der Waals surface area (Å²) in [6.45, 7) is 1.45. The molecule has 30 heavy (non-hydrogen) atoms. The highest BCUT2D eigenvalue weighted by Gasteiger charge is 2.30. The average Bonchev–Trinajstić information content (AvgIpc) is 2.73. The van der Waals surface area contributed by atoms with Crippen molar-refractivity contribution in [1.82, 2.24) is 19.8 Å². The van der Waals surface area contributed by atoms with Gasteiger partial charge in [-0.15, -0.1) is 0 Å². The highest BCUT2D eigenvalue weighted by atomic mass is 16.5. The normalized spacial score (nSPS) is 16.2. The maximum absolute atomic E-state index is 13.0. The first kappa shape index (κ1) is 21.3. The summed E-state index contributed by atoms with van der Waals surface area (Å²) >= 11 is 0. The van der Waals surface area contributed by atoms with Gasteiger partial charge in [-0.2, -0.15) is 0 Å². The fraction of sp³-hybridized carbons (Fsp3) is 0.400. The number of aromatic nitrogens is 2. The van der Waals surface area contributed by atoms with Crippen molar-refractivity contribution in [3.8, 4) is 0 Å². The first-order valence-corrected chi connectivity index (χ1v) is 9.60. The van der Waals surface area contributed by atoms with E-state index in [2.05, 4.69) is 15.3 Å². The van der Waals surface area contributed by atoms with E-state index in [1.54, 1.807) is 24.1 Å². The van der Waals surface area contributed by atoms with E-state index in [1.807, 2.05) is 19.2 Å². The summed E-state index contributed by atoms with van der Waals surface area (Å²) in [5.41, 5.74) is 0.489. The van der Waals surface area contributed by atoms with Gasteiger partial charge in [-0.25, -0.2) is 4.79 Å². The van der Waals surface area contributed by atoms with Crippen LogP contribution in [0.25, 0.3) is 0 Å². The van der Waals surface area contributed by atoms with Gasteiger partial charge in [0.2, 0.25) is 5.91 Å². The smallest absolute Gasteiger partial charge is 0.325 e. The number of nitrogens with one attached hydrogen (secondary N) is 3. The van der Waals surface area contributed by atoms with Crippen LogP contribution in [-0.4, -0.2) is 78.0 Å². The van der Waals surface area contributed by atoms with Gasteiger partial charge < -0.3 is 24.8 Å². The number of H-pyrrole nitrogens is 2. The lowest BCUT2D eigenvalue weighted by Crippen LogP contribution is -2.54. The summed E-state index contributed by atoms with van der Waals surface area (Å²) in [5.74, 6) is -0.404. The Morgan fingerprint density at radius 1 is 1.23 bits per heavy atom. The molecule has 160 valence electrons. The van der Waals surface area contributed by atoms with Crippen molar-refractivity contribution < 1.29 is 14.3 Å². The summed E-state index contributed by atoms with van der Waals surface area (Å²) in [6, 6.07) is 8.07. The molecule has 0 aliphatic carbocycles. The number of amides is 2. The van der Waals surface area contributed by atoms with E-state index in [1.165, 1.54) is 11.0 Å². The predicted molar refractivity (Wildman–Crippen MR) is 111 cm³/mol. The lowest BCUT2D eigenvalue weighted by atomic mass is 10.1. The molecular formula is C20H25N5O5. The van der Waals surface area contributed by atoms with Crippen LogP contribution in [0.2, 0.25) is 0 Å². The Bertz CT molecular complexity index is 985. The minimum absolute atomic E-state index is 0.120. The molecule has 0 bridgehead atoms. The van der Waals surface area contributed by atoms with E-state index in [0.29, 0.717) is 25.3 Å². The highest BCUT2D eigenvalue weighted by molar-refractivity contribution is 5.95. The highest BCUT2D eigenvalue weighted by Crippen LogP contribution is 2.16. The number of nitrogens with zero attached hydrogens (tertiary/aromatic N) is 2. The monoisotopic (exact) mass is 415 g/mol. The SMILES string of the molecule is CNc1ccc(C(=O)N2CCOCC2CN(C)C(=O)Cc2cc(=O)[nH]c(=O)[nH]2)cc1. The number of hydrogen-bond acceptors (Lipinski definition) is 6. The third-order valence-corrected chi connectivity index (χ3v) is 4.98. The largest absolute Gasteiger partial charge is 0.388 e. The van der Waals surface area contributed by atoms with Crippen LogP contribution in [0.5, 0.6) is 0 Å². The maximum atomic E-state index is 13.0. The molecule has 0 saturated carbocycles. The molecule has 2 heterocycles. The Balaban J connectivity index is 1.67. The van der Waals surface area contributed by atoms with Crippen molar-refractivity contribution in [1.29, 1.82) is 0 Å². The number of morpholine rings is 1. The van der Waals surface area contributed by atoms with Gasteiger partial charge in [0.1, 0.15) is 0 Å². The zero-order chi connectivity index (χ0) is 21.7. The van der Waals surface area contributed by atoms with E-state index in [9.17, 15) is 19.2 Å². The molecule has 1 fully saturated rings. The Kier molecular flexibility index (Phi) is 6.68. The van der Waals surface area contributed by atoms with Crippen molar-refractivity contribution in [2.45, 2.75) is 12.5 Å². The van der Waals surface area contributed by atoms with Gasteiger partial charge in [-0.3, -0.25) is 19.4 Å². The van der Waals surface area contributed by atoms with Gasteiger partial charge in [-0.1, -0.05) is 0 Å². The standard InChI is InChI=1S/C20H25N5O5/c1-21-14-5-3-13(4-6-14)19(28)25-7-8-30-12-16(25)11-24(2)18(27)10-15-9-17(26)23-20(29)22-15/h3-6,9,16,21H,7-8,10-12H2,1-2H3,(H2,22,23,26,29). The number of rotatable bonds is 6. The molecule has 10 nitrogen and oxygen atoms in total. The van der Waals surface area contributed by atoms with Gasteiger partial charge in [0, 0.05) is 50.2 Å². The van der Waals surface area contributed by atoms with Gasteiger partial charge >= 0.3 is 5.69 Å². The summed E-state index contributed by atoms with van der Waals surface area (Å²) in [6.07, 6.45) is -0.122. The number of hydrogen-bond donors (Lipinski definition) is 3. The van der Waals surface area contributed by atoms with Crippen LogP contribution in [0, 0.1) is 0 Å². The van der Waals surface area contributed by atoms with Crippen molar-refractivity contribution >= 4 is 17.5 Å². The Hall–Kier alpha value is -3.40. The van der Waals surface area contributed by atoms with E-state index >= 15 is 0 Å². The van der Waals surface area contributed by atoms with Crippen molar-refractivity contribution in [3.05, 3.63) is 62.4 Å². The number of aromatic amines is 2. The molecule has 1 aromatic carbocycles. The number of benzene rings is 1. The molecule has 0 spiro atoms. The molecule has 1 aromatic heterocycles. The van der Waals surface area contributed by atoms with Crippen LogP contribution >= 0.6 is 0 Å². The molecular weight excluding hydrogens is 390 g/mol. The summed E-state index contributed by atoms with van der Waals surface area (Å²) in [5, 5.41) is 3.01. The third kappa shape index (κ3) is 5.15. The van der Waals surface area contributed by atoms with Crippen LogP contribution in [0.3, 0.4) is 0 Å². The molecule has 1 aliphatic rings. The minimum atomic E-state index is -0.658. The zero-order valence-corrected chi connectivity index (χ0v) is 16.9. The third-order valence-electron chi connectivity index (χ3n) is 4.98. The van der Waals surface area contributed by atoms with Crippen LogP contribution in [0.15, 0.2) is 39.9 Å². The van der Waals surface area contributed by atoms with Crippen LogP contribution in [-0.2, 0) is 16.0 Å². The zero-order valence-electron chi connectivity index (χ0n) is 16.9. The second-order valence-electron chi connectivity index (χ2n) is 7.12. The number of likely N-dealkylation sites (N-methyl/N-ethyl adjacent to an activating group) is 1. The second-order valence-corrected chi connectivity index (χ2v) is 7.12. The van der Waals surface area contributed by atoms with Crippen LogP contribution < -0.4 is 16.6 Å². The Morgan fingerprint density at radius 2 is 1.97 bits per heavy atom. The summed E-state index contributed by atoms with van der Waals surface area (Å²) < 4.78 is 5.53. The molecule has 3 rings (SSSR count). The van der Waals surface area contributed by atoms with Crippen LogP contribution in [0.4, 0.5) is 5.69 Å². The van der Waals surface area contributed by atoms with Crippen molar-refractivity contribution in [2.24, 2.45) is 0 Å². The van der Waals surface area contributed by atoms with E-state index in [4.69, 9.17) is 4.74 Å². The van der Waals surface area contributed by atoms with Crippen molar-refractivity contribution in [2.75, 3.05) is 45.7 Å². The molecule has 1 aliphatic heterocycles. The van der Waals surface area contributed by atoms with E-state index < -0.39 is 11.2 Å². The summed E-state index contributed by atoms with van der Waals surface area (Å²) in [7, 11) is 3.43. The number of anilines is 1. The average molecular weight is 415 g/mol. The molecule has 1 atom stereocenters. The topological polar surface area (TPSA) is 128 Å². The van der Waals surface area contributed by atoms with Crippen molar-refractivity contribution in [3.63, 3.8) is 0 Å². The number of carbonyl (C=O) groups is 2. The fourth-order valence-electron chi connectivity index (χ4n) is 3.35. The van der Waals surface area contributed by atoms with Gasteiger partial charge in [0.25, 0.3) is 11.5 Å². The fourth-order valence-corrected chi connectivity index (χ4v) is 3.35. The second kappa shape index (κ2) is 9.40. The molecule has 10 heteroatoms. The molecule has 0 radical (unpaired) electrons. The van der Waals surface area contributed by atoms with E-state index in [-0.39, 0.29) is 36.5 Å². The Morgan fingerprint density at radius 3 is 2.63 bits per heavy atom. The Labute approximate surface area is 172 Å². The minimum Gasteiger partial charge on any atom is -0.388 e. The predicted octanol–water partition coefficient (Wildman–Crippen LogP) is -0.353. The first-order valence-electron chi connectivity index (χ1n) is 9.60. The lowest BCUT2D eigenvalue weighted by Gasteiger charge is -2.37. The maximum Gasteiger partial charge on any atom is 0.325 e. The van der Waals surface area contributed by atoms with Gasteiger partial charge in [0.05, 0.1) is 25.7 Å². The number of ether oxygens (including phenoxy) is 1.